The largest absolute Gasteiger partial charge is 0.294 e. The van der Waals surface area contributed by atoms with Gasteiger partial charge in [-0.15, -0.1) is 0 Å². The highest BCUT2D eigenvalue weighted by atomic mass is 19.1. The van der Waals surface area contributed by atoms with Crippen LogP contribution in [0, 0.1) is 23.5 Å². The molecule has 0 spiro atoms. The van der Waals surface area contributed by atoms with Crippen LogP contribution in [0.1, 0.15) is 43.0 Å². The smallest absolute Gasteiger partial charge is 0.168 e. The standard InChI is InChI=1S/C14H16F2O/c1-9-2-4-10(5-3-9)14(17)12-8-11(15)6-7-13(12)16/h6-10H,2-5H2,1H3. The first-order chi connectivity index (χ1) is 8.08. The lowest BCUT2D eigenvalue weighted by molar-refractivity contribution is 0.0871. The summed E-state index contributed by atoms with van der Waals surface area (Å²) >= 11 is 0. The maximum atomic E-state index is 13.5. The Morgan fingerprint density at radius 3 is 2.47 bits per heavy atom. The number of ketones is 1. The monoisotopic (exact) mass is 238 g/mol. The van der Waals surface area contributed by atoms with Crippen molar-refractivity contribution in [3.05, 3.63) is 35.4 Å². The fourth-order valence-electron chi connectivity index (χ4n) is 2.43. The number of rotatable bonds is 2. The van der Waals surface area contributed by atoms with Gasteiger partial charge >= 0.3 is 0 Å². The third kappa shape index (κ3) is 2.71. The van der Waals surface area contributed by atoms with Crippen molar-refractivity contribution in [3.63, 3.8) is 0 Å². The van der Waals surface area contributed by atoms with Gasteiger partial charge < -0.3 is 0 Å². The highest BCUT2D eigenvalue weighted by Gasteiger charge is 2.27. The first kappa shape index (κ1) is 12.2. The van der Waals surface area contributed by atoms with Crippen molar-refractivity contribution >= 4 is 5.78 Å². The molecule has 1 aromatic rings. The summed E-state index contributed by atoms with van der Waals surface area (Å²) in [5.74, 6) is -0.915. The van der Waals surface area contributed by atoms with Crippen LogP contribution in [0.5, 0.6) is 0 Å². The summed E-state index contributed by atoms with van der Waals surface area (Å²) in [6, 6.07) is 3.07. The van der Waals surface area contributed by atoms with Gasteiger partial charge in [0.25, 0.3) is 0 Å². The van der Waals surface area contributed by atoms with E-state index in [1.165, 1.54) is 0 Å². The summed E-state index contributed by atoms with van der Waals surface area (Å²) in [5.41, 5.74) is -0.0930. The van der Waals surface area contributed by atoms with E-state index >= 15 is 0 Å². The molecule has 0 heterocycles. The van der Waals surface area contributed by atoms with Crippen molar-refractivity contribution in [2.45, 2.75) is 32.6 Å². The molecular weight excluding hydrogens is 222 g/mol. The highest BCUT2D eigenvalue weighted by molar-refractivity contribution is 5.98. The average molecular weight is 238 g/mol. The highest BCUT2D eigenvalue weighted by Crippen LogP contribution is 2.31. The molecule has 1 aliphatic carbocycles. The van der Waals surface area contributed by atoms with Crippen molar-refractivity contribution < 1.29 is 13.6 Å². The van der Waals surface area contributed by atoms with Gasteiger partial charge in [-0.05, 0) is 37.0 Å². The Balaban J connectivity index is 2.16. The SMILES string of the molecule is CC1CCC(C(=O)c2cc(F)ccc2F)CC1. The normalized spacial score (nSPS) is 24.6. The summed E-state index contributed by atoms with van der Waals surface area (Å²) in [6.45, 7) is 2.16. The second-order valence-corrected chi connectivity index (χ2v) is 4.95. The molecule has 0 atom stereocenters. The molecule has 0 radical (unpaired) electrons. The van der Waals surface area contributed by atoms with Gasteiger partial charge in [-0.2, -0.15) is 0 Å². The number of hydrogen-bond donors (Lipinski definition) is 0. The Kier molecular flexibility index (Phi) is 3.55. The zero-order valence-corrected chi connectivity index (χ0v) is 9.88. The first-order valence-corrected chi connectivity index (χ1v) is 6.07. The van der Waals surface area contributed by atoms with Gasteiger partial charge in [0.05, 0.1) is 5.56 Å². The minimum Gasteiger partial charge on any atom is -0.294 e. The molecule has 1 aromatic carbocycles. The third-order valence-corrected chi connectivity index (χ3v) is 3.58. The van der Waals surface area contributed by atoms with Crippen LogP contribution in [-0.2, 0) is 0 Å². The second-order valence-electron chi connectivity index (χ2n) is 4.95. The van der Waals surface area contributed by atoms with Gasteiger partial charge in [-0.25, -0.2) is 8.78 Å². The fraction of sp³-hybridized carbons (Fsp3) is 0.500. The Bertz CT molecular complexity index is 420. The number of hydrogen-bond acceptors (Lipinski definition) is 1. The molecule has 1 nitrogen and oxygen atoms in total. The lowest BCUT2D eigenvalue weighted by atomic mass is 9.79. The molecule has 1 saturated carbocycles. The molecule has 17 heavy (non-hydrogen) atoms. The van der Waals surface area contributed by atoms with E-state index in [1.54, 1.807) is 0 Å². The molecule has 0 unspecified atom stereocenters. The first-order valence-electron chi connectivity index (χ1n) is 6.07. The molecule has 3 heteroatoms. The fourth-order valence-corrected chi connectivity index (χ4v) is 2.43. The Labute approximate surface area is 99.8 Å². The van der Waals surface area contributed by atoms with Crippen LogP contribution in [0.15, 0.2) is 18.2 Å². The van der Waals surface area contributed by atoms with E-state index in [2.05, 4.69) is 6.92 Å². The topological polar surface area (TPSA) is 17.1 Å². The van der Waals surface area contributed by atoms with E-state index in [-0.39, 0.29) is 17.3 Å². The third-order valence-electron chi connectivity index (χ3n) is 3.58. The zero-order chi connectivity index (χ0) is 12.4. The summed E-state index contributed by atoms with van der Waals surface area (Å²) in [7, 11) is 0. The summed E-state index contributed by atoms with van der Waals surface area (Å²) in [6.07, 6.45) is 3.56. The van der Waals surface area contributed by atoms with Crippen LogP contribution in [-0.4, -0.2) is 5.78 Å². The van der Waals surface area contributed by atoms with Crippen LogP contribution in [0.25, 0.3) is 0 Å². The quantitative estimate of drug-likeness (QED) is 0.712. The molecule has 0 saturated heterocycles. The number of Topliss-reactive ketones (excluding diaryl/α,β-unsaturated/α-hetero) is 1. The molecular formula is C14H16F2O. The molecule has 1 fully saturated rings. The Hall–Kier alpha value is -1.25. The van der Waals surface area contributed by atoms with Gasteiger partial charge in [0.1, 0.15) is 11.6 Å². The number of carbonyl (C=O) groups excluding carboxylic acids is 1. The summed E-state index contributed by atoms with van der Waals surface area (Å²) in [4.78, 5) is 12.1. The molecule has 0 bridgehead atoms. The van der Waals surface area contributed by atoms with E-state index in [9.17, 15) is 13.6 Å². The second kappa shape index (κ2) is 4.94. The lowest BCUT2D eigenvalue weighted by Gasteiger charge is -2.25. The molecule has 0 N–H and O–H groups in total. The van der Waals surface area contributed by atoms with Gasteiger partial charge in [-0.1, -0.05) is 19.8 Å². The van der Waals surface area contributed by atoms with Crippen LogP contribution >= 0.6 is 0 Å². The van der Waals surface area contributed by atoms with Crippen molar-refractivity contribution in [1.29, 1.82) is 0 Å². The van der Waals surface area contributed by atoms with Gasteiger partial charge in [-0.3, -0.25) is 4.79 Å². The molecule has 0 aromatic heterocycles. The molecule has 92 valence electrons. The van der Waals surface area contributed by atoms with Crippen molar-refractivity contribution in [2.75, 3.05) is 0 Å². The van der Waals surface area contributed by atoms with Crippen molar-refractivity contribution in [2.24, 2.45) is 11.8 Å². The van der Waals surface area contributed by atoms with Crippen LogP contribution in [0.4, 0.5) is 8.78 Å². The van der Waals surface area contributed by atoms with Gasteiger partial charge in [0.2, 0.25) is 0 Å². The van der Waals surface area contributed by atoms with Crippen LogP contribution < -0.4 is 0 Å². The maximum Gasteiger partial charge on any atom is 0.168 e. The maximum absolute atomic E-state index is 13.5. The molecule has 0 amide bonds. The Morgan fingerprint density at radius 1 is 1.18 bits per heavy atom. The van der Waals surface area contributed by atoms with Crippen molar-refractivity contribution in [3.8, 4) is 0 Å². The van der Waals surface area contributed by atoms with Gasteiger partial charge in [0, 0.05) is 5.92 Å². The molecule has 1 aliphatic rings. The summed E-state index contributed by atoms with van der Waals surface area (Å²) < 4.78 is 26.5. The Morgan fingerprint density at radius 2 is 1.82 bits per heavy atom. The number of benzene rings is 1. The molecule has 0 aliphatic heterocycles. The molecule has 2 rings (SSSR count). The van der Waals surface area contributed by atoms with Gasteiger partial charge in [0.15, 0.2) is 5.78 Å². The summed E-state index contributed by atoms with van der Waals surface area (Å²) in [5, 5.41) is 0. The van der Waals surface area contributed by atoms with Crippen LogP contribution in [0.3, 0.4) is 0 Å². The van der Waals surface area contributed by atoms with E-state index in [4.69, 9.17) is 0 Å². The predicted molar refractivity (Wildman–Crippen MR) is 61.8 cm³/mol. The predicted octanol–water partition coefficient (Wildman–Crippen LogP) is 3.97. The van der Waals surface area contributed by atoms with E-state index in [0.29, 0.717) is 5.92 Å². The number of halogens is 2. The van der Waals surface area contributed by atoms with Crippen LogP contribution in [0.2, 0.25) is 0 Å². The van der Waals surface area contributed by atoms with E-state index < -0.39 is 11.6 Å². The lowest BCUT2D eigenvalue weighted by Crippen LogP contribution is -2.21. The average Bonchev–Trinajstić information content (AvgIpc) is 2.32. The van der Waals surface area contributed by atoms with E-state index in [0.717, 1.165) is 43.9 Å². The number of carbonyl (C=O) groups is 1. The van der Waals surface area contributed by atoms with Crippen molar-refractivity contribution in [1.82, 2.24) is 0 Å². The van der Waals surface area contributed by atoms with E-state index in [1.807, 2.05) is 0 Å². The minimum atomic E-state index is -0.616. The zero-order valence-electron chi connectivity index (χ0n) is 9.88. The minimum absolute atomic E-state index is 0.0930.